The van der Waals surface area contributed by atoms with Crippen LogP contribution in [0.2, 0.25) is 0 Å². The van der Waals surface area contributed by atoms with Gasteiger partial charge in [-0.15, -0.1) is 0 Å². The lowest BCUT2D eigenvalue weighted by atomic mass is 10.0. The van der Waals surface area contributed by atoms with E-state index in [0.29, 0.717) is 18.7 Å². The van der Waals surface area contributed by atoms with Crippen molar-refractivity contribution in [2.24, 2.45) is 0 Å². The third-order valence-electron chi connectivity index (χ3n) is 4.31. The van der Waals surface area contributed by atoms with Crippen LogP contribution in [-0.4, -0.2) is 23.2 Å². The quantitative estimate of drug-likeness (QED) is 0.698. The summed E-state index contributed by atoms with van der Waals surface area (Å²) in [5, 5.41) is 10.2. The normalized spacial score (nSPS) is 10.6. The van der Waals surface area contributed by atoms with Crippen LogP contribution in [0, 0.1) is 13.8 Å². The van der Waals surface area contributed by atoms with Gasteiger partial charge in [0.05, 0.1) is 7.11 Å². The molecule has 0 fully saturated rings. The molecule has 5 nitrogen and oxygen atoms in total. The zero-order valence-corrected chi connectivity index (χ0v) is 15.3. The van der Waals surface area contributed by atoms with E-state index in [0.717, 1.165) is 28.1 Å². The molecule has 0 saturated carbocycles. The minimum atomic E-state index is -0.0544. The Kier molecular flexibility index (Phi) is 5.37. The van der Waals surface area contributed by atoms with Crippen LogP contribution in [-0.2, 0) is 11.2 Å². The first-order valence-corrected chi connectivity index (χ1v) is 8.61. The molecule has 26 heavy (non-hydrogen) atoms. The molecule has 1 amide bonds. The second-order valence-electron chi connectivity index (χ2n) is 6.34. The fraction of sp³-hybridized carbons (Fsp3) is 0.238. The van der Waals surface area contributed by atoms with E-state index in [4.69, 9.17) is 4.74 Å². The van der Waals surface area contributed by atoms with E-state index in [-0.39, 0.29) is 5.91 Å². The van der Waals surface area contributed by atoms with Crippen molar-refractivity contribution in [2.45, 2.75) is 26.7 Å². The number of benzene rings is 2. The summed E-state index contributed by atoms with van der Waals surface area (Å²) in [4.78, 5) is 12.4. The Morgan fingerprint density at radius 2 is 1.92 bits per heavy atom. The summed E-state index contributed by atoms with van der Waals surface area (Å²) in [7, 11) is 1.64. The van der Waals surface area contributed by atoms with Gasteiger partial charge in [0.15, 0.2) is 5.82 Å². The molecular weight excluding hydrogens is 326 g/mol. The Morgan fingerprint density at radius 3 is 2.62 bits per heavy atom. The van der Waals surface area contributed by atoms with E-state index in [2.05, 4.69) is 21.6 Å². The number of H-pyrrole nitrogens is 1. The minimum absolute atomic E-state index is 0.0544. The van der Waals surface area contributed by atoms with E-state index in [1.165, 1.54) is 5.56 Å². The molecule has 5 heteroatoms. The predicted molar refractivity (Wildman–Crippen MR) is 103 cm³/mol. The van der Waals surface area contributed by atoms with E-state index >= 15 is 0 Å². The lowest BCUT2D eigenvalue weighted by Crippen LogP contribution is -2.13. The lowest BCUT2D eigenvalue weighted by molar-refractivity contribution is -0.116. The second-order valence-corrected chi connectivity index (χ2v) is 6.34. The highest BCUT2D eigenvalue weighted by atomic mass is 16.5. The summed E-state index contributed by atoms with van der Waals surface area (Å²) in [6.07, 6.45) is 1.06. The molecule has 0 unspecified atom stereocenters. The third-order valence-corrected chi connectivity index (χ3v) is 4.31. The molecule has 3 aromatic rings. The Balaban J connectivity index is 1.68. The van der Waals surface area contributed by atoms with E-state index < -0.39 is 0 Å². The van der Waals surface area contributed by atoms with Gasteiger partial charge in [0, 0.05) is 17.7 Å². The van der Waals surface area contributed by atoms with E-state index in [9.17, 15) is 4.79 Å². The van der Waals surface area contributed by atoms with Crippen LogP contribution in [0.15, 0.2) is 48.5 Å². The summed E-state index contributed by atoms with van der Waals surface area (Å²) >= 11 is 0. The molecule has 2 aromatic carbocycles. The van der Waals surface area contributed by atoms with Crippen LogP contribution < -0.4 is 10.1 Å². The number of rotatable bonds is 6. The van der Waals surface area contributed by atoms with Crippen LogP contribution >= 0.6 is 0 Å². The van der Waals surface area contributed by atoms with Crippen molar-refractivity contribution in [3.05, 3.63) is 65.4 Å². The maximum atomic E-state index is 12.4. The number of carbonyl (C=O) groups is 1. The van der Waals surface area contributed by atoms with Crippen molar-refractivity contribution in [3.8, 4) is 16.9 Å². The molecule has 0 radical (unpaired) electrons. The summed E-state index contributed by atoms with van der Waals surface area (Å²) in [6, 6.07) is 15.9. The summed E-state index contributed by atoms with van der Waals surface area (Å²) < 4.78 is 5.15. The average Bonchev–Trinajstić information content (AvgIpc) is 3.00. The van der Waals surface area contributed by atoms with Gasteiger partial charge in [-0.25, -0.2) is 0 Å². The molecule has 0 aliphatic heterocycles. The van der Waals surface area contributed by atoms with Gasteiger partial charge in [-0.05, 0) is 43.5 Å². The SMILES string of the molecule is COc1ccc(CCC(=O)Nc2n[nH]c(C)c2-c2cccc(C)c2)cc1. The highest BCUT2D eigenvalue weighted by molar-refractivity contribution is 5.94. The molecule has 134 valence electrons. The highest BCUT2D eigenvalue weighted by Crippen LogP contribution is 2.30. The van der Waals surface area contributed by atoms with Gasteiger partial charge < -0.3 is 10.1 Å². The number of nitrogens with one attached hydrogen (secondary N) is 2. The topological polar surface area (TPSA) is 67.0 Å². The van der Waals surface area contributed by atoms with E-state index in [1.807, 2.05) is 56.3 Å². The maximum absolute atomic E-state index is 12.4. The molecule has 2 N–H and O–H groups in total. The Labute approximate surface area is 153 Å². The maximum Gasteiger partial charge on any atom is 0.225 e. The highest BCUT2D eigenvalue weighted by Gasteiger charge is 2.15. The number of aromatic amines is 1. The minimum Gasteiger partial charge on any atom is -0.497 e. The molecule has 0 spiro atoms. The van der Waals surface area contributed by atoms with Gasteiger partial charge in [-0.1, -0.05) is 42.0 Å². The van der Waals surface area contributed by atoms with Crippen LogP contribution in [0.25, 0.3) is 11.1 Å². The zero-order valence-electron chi connectivity index (χ0n) is 15.3. The standard InChI is InChI=1S/C21H23N3O2/c1-14-5-4-6-17(13-14)20-15(2)23-24-21(20)22-19(25)12-9-16-7-10-18(26-3)11-8-16/h4-8,10-11,13H,9,12H2,1-3H3,(H2,22,23,24,25). The fourth-order valence-corrected chi connectivity index (χ4v) is 2.92. The van der Waals surface area contributed by atoms with Gasteiger partial charge in [0.1, 0.15) is 5.75 Å². The van der Waals surface area contributed by atoms with Crippen LogP contribution in [0.4, 0.5) is 5.82 Å². The number of aryl methyl sites for hydroxylation is 3. The molecule has 1 aromatic heterocycles. The van der Waals surface area contributed by atoms with Crippen LogP contribution in [0.5, 0.6) is 5.75 Å². The smallest absolute Gasteiger partial charge is 0.225 e. The largest absolute Gasteiger partial charge is 0.497 e. The first-order chi connectivity index (χ1) is 12.6. The number of ether oxygens (including phenoxy) is 1. The molecule has 0 aliphatic carbocycles. The van der Waals surface area contributed by atoms with Gasteiger partial charge in [-0.3, -0.25) is 9.89 Å². The first-order valence-electron chi connectivity index (χ1n) is 8.61. The molecule has 1 heterocycles. The monoisotopic (exact) mass is 349 g/mol. The number of aromatic nitrogens is 2. The van der Waals surface area contributed by atoms with Crippen LogP contribution in [0.3, 0.4) is 0 Å². The van der Waals surface area contributed by atoms with Crippen molar-refractivity contribution in [1.29, 1.82) is 0 Å². The van der Waals surface area contributed by atoms with Crippen molar-refractivity contribution in [1.82, 2.24) is 10.2 Å². The summed E-state index contributed by atoms with van der Waals surface area (Å²) in [5.74, 6) is 1.34. The Hall–Kier alpha value is -3.08. The molecule has 0 bridgehead atoms. The number of nitrogens with zero attached hydrogens (tertiary/aromatic N) is 1. The number of methoxy groups -OCH3 is 1. The van der Waals surface area contributed by atoms with Gasteiger partial charge >= 0.3 is 0 Å². The molecule has 3 rings (SSSR count). The van der Waals surface area contributed by atoms with Gasteiger partial charge in [0.25, 0.3) is 0 Å². The van der Waals surface area contributed by atoms with Crippen molar-refractivity contribution in [3.63, 3.8) is 0 Å². The Bertz CT molecular complexity index is 898. The van der Waals surface area contributed by atoms with Gasteiger partial charge in [-0.2, -0.15) is 5.10 Å². The third kappa shape index (κ3) is 4.11. The lowest BCUT2D eigenvalue weighted by Gasteiger charge is -2.08. The molecule has 0 saturated heterocycles. The van der Waals surface area contributed by atoms with Crippen molar-refractivity contribution >= 4 is 11.7 Å². The van der Waals surface area contributed by atoms with Crippen molar-refractivity contribution < 1.29 is 9.53 Å². The molecule has 0 aliphatic rings. The van der Waals surface area contributed by atoms with Gasteiger partial charge in [0.2, 0.25) is 5.91 Å². The van der Waals surface area contributed by atoms with Crippen molar-refractivity contribution in [2.75, 3.05) is 12.4 Å². The number of carbonyl (C=O) groups excluding carboxylic acids is 1. The zero-order chi connectivity index (χ0) is 18.5. The average molecular weight is 349 g/mol. The summed E-state index contributed by atoms with van der Waals surface area (Å²) in [5.41, 5.74) is 5.17. The number of amides is 1. The molecular formula is C21H23N3O2. The summed E-state index contributed by atoms with van der Waals surface area (Å²) in [6.45, 7) is 4.00. The number of hydrogen-bond donors (Lipinski definition) is 2. The van der Waals surface area contributed by atoms with E-state index in [1.54, 1.807) is 7.11 Å². The number of anilines is 1. The second kappa shape index (κ2) is 7.87. The van der Waals surface area contributed by atoms with Crippen LogP contribution in [0.1, 0.15) is 23.2 Å². The number of hydrogen-bond acceptors (Lipinski definition) is 3. The Morgan fingerprint density at radius 1 is 1.15 bits per heavy atom. The first kappa shape index (κ1) is 17.7. The molecule has 0 atom stereocenters. The fourth-order valence-electron chi connectivity index (χ4n) is 2.92. The predicted octanol–water partition coefficient (Wildman–Crippen LogP) is 4.27.